The maximum Gasteiger partial charge on any atom is 0.213 e. The highest BCUT2D eigenvalue weighted by atomic mass is 35.5. The molecule has 1 aromatic carbocycles. The number of rotatable bonds is 6. The van der Waals surface area contributed by atoms with Gasteiger partial charge in [-0.3, -0.25) is 4.68 Å². The molecule has 0 radical (unpaired) electrons. The van der Waals surface area contributed by atoms with Gasteiger partial charge in [-0.2, -0.15) is 0 Å². The maximum atomic E-state index is 11.4. The summed E-state index contributed by atoms with van der Waals surface area (Å²) < 4.78 is 31.7. The lowest BCUT2D eigenvalue weighted by Crippen LogP contribution is -2.24. The molecule has 1 heterocycles. The second-order valence-corrected chi connectivity index (χ2v) is 6.72. The first-order chi connectivity index (χ1) is 9.95. The van der Waals surface area contributed by atoms with Gasteiger partial charge in [0.2, 0.25) is 10.0 Å². The van der Waals surface area contributed by atoms with Crippen molar-refractivity contribution in [1.82, 2.24) is 19.7 Å². The first-order valence-electron chi connectivity index (χ1n) is 6.10. The maximum absolute atomic E-state index is 11.4. The fourth-order valence-corrected chi connectivity index (χ4v) is 2.53. The zero-order chi connectivity index (χ0) is 15.5. The van der Waals surface area contributed by atoms with Crippen molar-refractivity contribution in [3.05, 3.63) is 29.4 Å². The quantitative estimate of drug-likeness (QED) is 0.858. The average molecular weight is 331 g/mol. The molecule has 0 unspecified atom stereocenters. The van der Waals surface area contributed by atoms with E-state index in [0.29, 0.717) is 22.0 Å². The van der Waals surface area contributed by atoms with E-state index in [1.54, 1.807) is 31.5 Å². The third-order valence-corrected chi connectivity index (χ3v) is 4.45. The van der Waals surface area contributed by atoms with Crippen LogP contribution in [0.2, 0.25) is 5.02 Å². The summed E-state index contributed by atoms with van der Waals surface area (Å²) in [4.78, 5) is 0. The van der Waals surface area contributed by atoms with E-state index in [0.717, 1.165) is 0 Å². The standard InChI is InChI=1S/C12H15ClN4O3S/c1-14-21(18,19)6-5-17-8-11(15-16-17)10-7-9(13)3-4-12(10)20-2/h3-4,7-8,14H,5-6H2,1-2H3. The minimum absolute atomic E-state index is 0.0705. The highest BCUT2D eigenvalue weighted by Crippen LogP contribution is 2.30. The van der Waals surface area contributed by atoms with Crippen LogP contribution in [0.1, 0.15) is 0 Å². The van der Waals surface area contributed by atoms with E-state index >= 15 is 0 Å². The Hall–Kier alpha value is -1.64. The highest BCUT2D eigenvalue weighted by Gasteiger charge is 2.12. The molecule has 9 heteroatoms. The monoisotopic (exact) mass is 330 g/mol. The predicted octanol–water partition coefficient (Wildman–Crippen LogP) is 1.16. The Bertz CT molecular complexity index is 730. The number of benzene rings is 1. The van der Waals surface area contributed by atoms with Crippen molar-refractivity contribution < 1.29 is 13.2 Å². The van der Waals surface area contributed by atoms with Crippen LogP contribution in [0.4, 0.5) is 0 Å². The summed E-state index contributed by atoms with van der Waals surface area (Å²) in [5.74, 6) is 0.549. The van der Waals surface area contributed by atoms with Crippen LogP contribution in [0, 0.1) is 0 Å². The molecule has 0 spiro atoms. The second-order valence-electron chi connectivity index (χ2n) is 4.23. The molecule has 1 N–H and O–H groups in total. The molecule has 0 saturated heterocycles. The third kappa shape index (κ3) is 3.93. The molecule has 0 bridgehead atoms. The summed E-state index contributed by atoms with van der Waals surface area (Å²) >= 11 is 5.97. The van der Waals surface area contributed by atoms with Crippen LogP contribution in [-0.4, -0.2) is 43.3 Å². The van der Waals surface area contributed by atoms with Gasteiger partial charge in [-0.25, -0.2) is 13.1 Å². The summed E-state index contributed by atoms with van der Waals surface area (Å²) in [6.07, 6.45) is 1.65. The van der Waals surface area contributed by atoms with E-state index in [-0.39, 0.29) is 12.3 Å². The summed E-state index contributed by atoms with van der Waals surface area (Å²) in [6.45, 7) is 0.207. The summed E-state index contributed by atoms with van der Waals surface area (Å²) in [6, 6.07) is 5.18. The molecule has 2 aromatic rings. The van der Waals surface area contributed by atoms with Crippen LogP contribution in [0.25, 0.3) is 11.3 Å². The zero-order valence-corrected chi connectivity index (χ0v) is 13.1. The molecule has 0 aliphatic heterocycles. The van der Waals surface area contributed by atoms with Gasteiger partial charge in [0.05, 0.1) is 25.6 Å². The molecule has 0 aliphatic carbocycles. The van der Waals surface area contributed by atoms with Gasteiger partial charge in [-0.1, -0.05) is 16.8 Å². The summed E-state index contributed by atoms with van der Waals surface area (Å²) in [5, 5.41) is 8.49. The van der Waals surface area contributed by atoms with Gasteiger partial charge in [-0.05, 0) is 25.2 Å². The van der Waals surface area contributed by atoms with Crippen LogP contribution >= 0.6 is 11.6 Å². The van der Waals surface area contributed by atoms with Crippen LogP contribution in [-0.2, 0) is 16.6 Å². The normalized spacial score (nSPS) is 11.6. The molecule has 1 aromatic heterocycles. The fourth-order valence-electron chi connectivity index (χ4n) is 1.73. The Balaban J connectivity index is 2.22. The largest absolute Gasteiger partial charge is 0.496 e. The predicted molar refractivity (Wildman–Crippen MR) is 79.9 cm³/mol. The number of nitrogens with zero attached hydrogens (tertiary/aromatic N) is 3. The van der Waals surface area contributed by atoms with E-state index in [4.69, 9.17) is 16.3 Å². The van der Waals surface area contributed by atoms with Crippen LogP contribution in [0.15, 0.2) is 24.4 Å². The Labute approximate surface area is 127 Å². The fraction of sp³-hybridized carbons (Fsp3) is 0.333. The van der Waals surface area contributed by atoms with Gasteiger partial charge >= 0.3 is 0 Å². The molecule has 114 valence electrons. The molecular formula is C12H15ClN4O3S. The number of nitrogens with one attached hydrogen (secondary N) is 1. The van der Waals surface area contributed by atoms with Crippen molar-refractivity contribution in [1.29, 1.82) is 0 Å². The molecule has 0 fully saturated rings. The highest BCUT2D eigenvalue weighted by molar-refractivity contribution is 7.89. The van der Waals surface area contributed by atoms with E-state index < -0.39 is 10.0 Å². The van der Waals surface area contributed by atoms with Crippen LogP contribution in [0.3, 0.4) is 0 Å². The lowest BCUT2D eigenvalue weighted by Gasteiger charge is -2.05. The number of hydrogen-bond donors (Lipinski definition) is 1. The van der Waals surface area contributed by atoms with Crippen molar-refractivity contribution >= 4 is 21.6 Å². The molecular weight excluding hydrogens is 316 g/mol. The number of methoxy groups -OCH3 is 1. The van der Waals surface area contributed by atoms with E-state index in [2.05, 4.69) is 15.0 Å². The van der Waals surface area contributed by atoms with E-state index in [9.17, 15) is 8.42 Å². The van der Waals surface area contributed by atoms with Gasteiger partial charge < -0.3 is 4.74 Å². The molecule has 0 atom stereocenters. The zero-order valence-electron chi connectivity index (χ0n) is 11.6. The second kappa shape index (κ2) is 6.42. The Morgan fingerprint density at radius 1 is 1.43 bits per heavy atom. The number of hydrogen-bond acceptors (Lipinski definition) is 5. The summed E-state index contributed by atoms with van der Waals surface area (Å²) in [5.41, 5.74) is 1.27. The lowest BCUT2D eigenvalue weighted by molar-refractivity contribution is 0.416. The molecule has 0 aliphatic rings. The van der Waals surface area contributed by atoms with E-state index in [1.165, 1.54) is 11.7 Å². The number of aromatic nitrogens is 3. The number of ether oxygens (including phenoxy) is 1. The van der Waals surface area contributed by atoms with Gasteiger partial charge in [0.1, 0.15) is 11.4 Å². The van der Waals surface area contributed by atoms with Crippen LogP contribution < -0.4 is 9.46 Å². The molecule has 2 rings (SSSR count). The Morgan fingerprint density at radius 2 is 2.19 bits per heavy atom. The van der Waals surface area contributed by atoms with Crippen LogP contribution in [0.5, 0.6) is 5.75 Å². The van der Waals surface area contributed by atoms with Crippen molar-refractivity contribution in [3.8, 4) is 17.0 Å². The van der Waals surface area contributed by atoms with Crippen molar-refractivity contribution in [2.45, 2.75) is 6.54 Å². The van der Waals surface area contributed by atoms with Gasteiger partial charge in [0.25, 0.3) is 0 Å². The number of halogens is 1. The SMILES string of the molecule is CNS(=O)(=O)CCn1cc(-c2cc(Cl)ccc2OC)nn1. The number of aryl methyl sites for hydroxylation is 1. The van der Waals surface area contributed by atoms with Gasteiger partial charge in [0, 0.05) is 10.6 Å². The third-order valence-electron chi connectivity index (χ3n) is 2.88. The van der Waals surface area contributed by atoms with E-state index in [1.807, 2.05) is 0 Å². The Kier molecular flexibility index (Phi) is 4.81. The first-order valence-corrected chi connectivity index (χ1v) is 8.13. The lowest BCUT2D eigenvalue weighted by atomic mass is 10.1. The van der Waals surface area contributed by atoms with Gasteiger partial charge in [-0.15, -0.1) is 5.10 Å². The average Bonchev–Trinajstić information content (AvgIpc) is 2.94. The summed E-state index contributed by atoms with van der Waals surface area (Å²) in [7, 11) is -0.351. The smallest absolute Gasteiger partial charge is 0.213 e. The van der Waals surface area contributed by atoms with Crippen molar-refractivity contribution in [2.24, 2.45) is 0 Å². The van der Waals surface area contributed by atoms with Crippen molar-refractivity contribution in [2.75, 3.05) is 19.9 Å². The first kappa shape index (κ1) is 15.7. The minimum Gasteiger partial charge on any atom is -0.496 e. The topological polar surface area (TPSA) is 86.1 Å². The molecule has 0 saturated carbocycles. The molecule has 21 heavy (non-hydrogen) atoms. The molecule has 7 nitrogen and oxygen atoms in total. The minimum atomic E-state index is -3.28. The molecule has 0 amide bonds. The van der Waals surface area contributed by atoms with Gasteiger partial charge in [0.15, 0.2) is 0 Å². The van der Waals surface area contributed by atoms with Crippen molar-refractivity contribution in [3.63, 3.8) is 0 Å². The Morgan fingerprint density at radius 3 is 2.86 bits per heavy atom. The number of sulfonamides is 1.